The summed E-state index contributed by atoms with van der Waals surface area (Å²) in [6.07, 6.45) is 5.54. The maximum Gasteiger partial charge on any atom is 0.530 e. The Kier molecular flexibility index (Phi) is 10.8. The van der Waals surface area contributed by atoms with Crippen LogP contribution in [0.15, 0.2) is 74.9 Å². The molecule has 0 saturated heterocycles. The predicted molar refractivity (Wildman–Crippen MR) is 108 cm³/mol. The van der Waals surface area contributed by atoms with Crippen molar-refractivity contribution in [3.63, 3.8) is 0 Å². The first kappa shape index (κ1) is 24.1. The van der Waals surface area contributed by atoms with E-state index in [4.69, 9.17) is 27.1 Å². The molecule has 0 bridgehead atoms. The van der Waals surface area contributed by atoms with E-state index in [9.17, 15) is 9.13 Å². The smallest absolute Gasteiger partial charge is 0.400 e. The molecule has 0 fully saturated rings. The van der Waals surface area contributed by atoms with Gasteiger partial charge in [0.1, 0.15) is 0 Å². The van der Waals surface area contributed by atoms with Crippen LogP contribution >= 0.6 is 15.6 Å². The Labute approximate surface area is 165 Å². The number of phosphoric acid groups is 2. The monoisotopic (exact) mass is 430 g/mol. The summed E-state index contributed by atoms with van der Waals surface area (Å²) in [5, 5.41) is 0. The molecule has 1 aromatic rings. The van der Waals surface area contributed by atoms with E-state index in [-0.39, 0.29) is 37.9 Å². The van der Waals surface area contributed by atoms with E-state index in [1.165, 1.54) is 36.4 Å². The van der Waals surface area contributed by atoms with Crippen LogP contribution in [0.2, 0.25) is 0 Å². The highest BCUT2D eigenvalue weighted by atomic mass is 31.2. The second-order valence-electron chi connectivity index (χ2n) is 4.86. The second kappa shape index (κ2) is 12.5. The molecule has 1 aromatic carbocycles. The average molecular weight is 430 g/mol. The van der Waals surface area contributed by atoms with Gasteiger partial charge in [0, 0.05) is 0 Å². The highest BCUT2D eigenvalue weighted by Gasteiger charge is 2.33. The number of phosphoric ester groups is 2. The van der Waals surface area contributed by atoms with E-state index in [1.54, 1.807) is 12.1 Å². The number of hydrogen-bond acceptors (Lipinski definition) is 8. The summed E-state index contributed by atoms with van der Waals surface area (Å²) < 4.78 is 56.9. The molecule has 0 heterocycles. The fourth-order valence-electron chi connectivity index (χ4n) is 1.60. The summed E-state index contributed by atoms with van der Waals surface area (Å²) in [5.74, 6) is -0.104. The standard InChI is InChI=1S/C18H24O8P2/c1-5-13-21-27(19,22-14-6-2)25-17-11-9-10-12-18(17)26-28(20,23-15-7-3)24-16-8-4/h5-12H,1-4,13-16H2. The van der Waals surface area contributed by atoms with Crippen molar-refractivity contribution in [2.24, 2.45) is 0 Å². The van der Waals surface area contributed by atoms with Gasteiger partial charge in [0.05, 0.1) is 26.4 Å². The Balaban J connectivity index is 3.11. The highest BCUT2D eigenvalue weighted by molar-refractivity contribution is 7.49. The SMILES string of the molecule is C=CCOP(=O)(OCC=C)Oc1ccccc1OP(=O)(OCC=C)OCC=C. The average Bonchev–Trinajstić information content (AvgIpc) is 2.69. The van der Waals surface area contributed by atoms with Crippen molar-refractivity contribution in [1.29, 1.82) is 0 Å². The minimum atomic E-state index is -4.04. The molecule has 8 nitrogen and oxygen atoms in total. The molecule has 154 valence electrons. The zero-order chi connectivity index (χ0) is 20.9. The molecule has 0 atom stereocenters. The van der Waals surface area contributed by atoms with Crippen LogP contribution in [-0.4, -0.2) is 26.4 Å². The Morgan fingerprint density at radius 1 is 0.643 bits per heavy atom. The van der Waals surface area contributed by atoms with Gasteiger partial charge in [-0.25, -0.2) is 9.13 Å². The Morgan fingerprint density at radius 3 is 1.18 bits per heavy atom. The molecule has 0 aliphatic carbocycles. The van der Waals surface area contributed by atoms with Gasteiger partial charge >= 0.3 is 15.6 Å². The number of hydrogen-bond donors (Lipinski definition) is 0. The van der Waals surface area contributed by atoms with E-state index >= 15 is 0 Å². The predicted octanol–water partition coefficient (Wildman–Crippen LogP) is 5.47. The summed E-state index contributed by atoms with van der Waals surface area (Å²) >= 11 is 0. The van der Waals surface area contributed by atoms with Crippen molar-refractivity contribution in [2.45, 2.75) is 0 Å². The van der Waals surface area contributed by atoms with Crippen LogP contribution < -0.4 is 9.05 Å². The highest BCUT2D eigenvalue weighted by Crippen LogP contribution is 2.55. The largest absolute Gasteiger partial charge is 0.530 e. The zero-order valence-electron chi connectivity index (χ0n) is 15.4. The van der Waals surface area contributed by atoms with Crippen LogP contribution in [0.25, 0.3) is 0 Å². The van der Waals surface area contributed by atoms with Gasteiger partial charge in [-0.2, -0.15) is 0 Å². The molecule has 1 rings (SSSR count). The Morgan fingerprint density at radius 2 is 0.929 bits per heavy atom. The fraction of sp³-hybridized carbons (Fsp3) is 0.222. The lowest BCUT2D eigenvalue weighted by atomic mass is 10.3. The molecule has 28 heavy (non-hydrogen) atoms. The topological polar surface area (TPSA) is 89.5 Å². The van der Waals surface area contributed by atoms with Crippen LogP contribution in [0, 0.1) is 0 Å². The molecule has 0 spiro atoms. The molecule has 0 radical (unpaired) electrons. The summed E-state index contributed by atoms with van der Waals surface area (Å²) in [7, 11) is -8.07. The van der Waals surface area contributed by atoms with Gasteiger partial charge in [-0.05, 0) is 12.1 Å². The summed E-state index contributed by atoms with van der Waals surface area (Å²) in [6, 6.07) is 6.05. The van der Waals surface area contributed by atoms with Gasteiger partial charge in [0.15, 0.2) is 11.5 Å². The summed E-state index contributed by atoms with van der Waals surface area (Å²) in [4.78, 5) is 0. The lowest BCUT2D eigenvalue weighted by Gasteiger charge is -2.21. The van der Waals surface area contributed by atoms with Gasteiger partial charge < -0.3 is 9.05 Å². The number of rotatable bonds is 16. The first-order valence-electron chi connectivity index (χ1n) is 8.12. The van der Waals surface area contributed by atoms with E-state index in [0.717, 1.165) is 0 Å². The number of para-hydroxylation sites is 2. The van der Waals surface area contributed by atoms with Gasteiger partial charge in [0.2, 0.25) is 0 Å². The van der Waals surface area contributed by atoms with Gasteiger partial charge in [0.25, 0.3) is 0 Å². The number of benzene rings is 1. The van der Waals surface area contributed by atoms with Crippen molar-refractivity contribution in [1.82, 2.24) is 0 Å². The molecular formula is C18H24O8P2. The molecule has 0 aliphatic heterocycles. The van der Waals surface area contributed by atoms with Crippen molar-refractivity contribution in [3.05, 3.63) is 74.9 Å². The zero-order valence-corrected chi connectivity index (χ0v) is 17.2. The first-order chi connectivity index (χ1) is 13.4. The van der Waals surface area contributed by atoms with Crippen LogP contribution in [0.3, 0.4) is 0 Å². The molecule has 0 saturated carbocycles. The van der Waals surface area contributed by atoms with Crippen LogP contribution in [0.5, 0.6) is 11.5 Å². The molecule has 0 N–H and O–H groups in total. The molecular weight excluding hydrogens is 406 g/mol. The van der Waals surface area contributed by atoms with Gasteiger partial charge in [-0.3, -0.25) is 18.1 Å². The maximum absolute atomic E-state index is 12.8. The van der Waals surface area contributed by atoms with Crippen molar-refractivity contribution in [3.8, 4) is 11.5 Å². The lowest BCUT2D eigenvalue weighted by molar-refractivity contribution is 0.170. The van der Waals surface area contributed by atoms with Gasteiger partial charge in [-0.1, -0.05) is 36.4 Å². The van der Waals surface area contributed by atoms with E-state index in [2.05, 4.69) is 26.3 Å². The molecule has 0 aromatic heterocycles. The van der Waals surface area contributed by atoms with Crippen LogP contribution in [-0.2, 0) is 27.2 Å². The molecule has 0 amide bonds. The molecule has 0 unspecified atom stereocenters. The Bertz CT molecular complexity index is 667. The Hall–Kier alpha value is -1.92. The second-order valence-corrected chi connectivity index (χ2v) is 8.05. The van der Waals surface area contributed by atoms with E-state index < -0.39 is 15.6 Å². The normalized spacial score (nSPS) is 11.4. The first-order valence-corrected chi connectivity index (χ1v) is 11.0. The fourth-order valence-corrected chi connectivity index (χ4v) is 3.89. The minimum Gasteiger partial charge on any atom is -0.400 e. The van der Waals surface area contributed by atoms with Crippen LogP contribution in [0.4, 0.5) is 0 Å². The van der Waals surface area contributed by atoms with Crippen molar-refractivity contribution in [2.75, 3.05) is 26.4 Å². The van der Waals surface area contributed by atoms with E-state index in [1.807, 2.05) is 0 Å². The van der Waals surface area contributed by atoms with Gasteiger partial charge in [-0.15, -0.1) is 26.3 Å². The quantitative estimate of drug-likeness (QED) is 0.252. The van der Waals surface area contributed by atoms with Crippen molar-refractivity contribution >= 4 is 15.6 Å². The third kappa shape index (κ3) is 8.40. The maximum atomic E-state index is 12.8. The minimum absolute atomic E-state index is 0.0522. The lowest BCUT2D eigenvalue weighted by Crippen LogP contribution is -2.06. The van der Waals surface area contributed by atoms with Crippen molar-refractivity contribution < 1.29 is 36.3 Å². The summed E-state index contributed by atoms with van der Waals surface area (Å²) in [5.41, 5.74) is 0. The third-order valence-corrected chi connectivity index (χ3v) is 5.37. The third-order valence-electron chi connectivity index (χ3n) is 2.67. The summed E-state index contributed by atoms with van der Waals surface area (Å²) in [6.45, 7) is 13.6. The van der Waals surface area contributed by atoms with Crippen LogP contribution in [0.1, 0.15) is 0 Å². The molecule has 0 aliphatic rings. The van der Waals surface area contributed by atoms with E-state index in [0.29, 0.717) is 0 Å². The molecule has 10 heteroatoms.